The molecular formula is C15H15BrO3S. The van der Waals surface area contributed by atoms with Crippen LogP contribution in [0.1, 0.15) is 25.3 Å². The van der Waals surface area contributed by atoms with E-state index in [4.69, 9.17) is 4.18 Å². The maximum Gasteiger partial charge on any atom is 0.340 e. The Labute approximate surface area is 127 Å². The summed E-state index contributed by atoms with van der Waals surface area (Å²) < 4.78 is 30.2. The highest BCUT2D eigenvalue weighted by Gasteiger charge is 2.19. The van der Waals surface area contributed by atoms with Crippen molar-refractivity contribution in [3.8, 4) is 5.75 Å². The zero-order chi connectivity index (χ0) is 14.8. The van der Waals surface area contributed by atoms with E-state index in [9.17, 15) is 8.42 Å². The molecule has 0 saturated heterocycles. The second kappa shape index (κ2) is 5.97. The molecule has 0 unspecified atom stereocenters. The molecule has 0 aliphatic carbocycles. The van der Waals surface area contributed by atoms with Gasteiger partial charge < -0.3 is 4.18 Å². The molecule has 0 bridgehead atoms. The van der Waals surface area contributed by atoms with Gasteiger partial charge in [-0.15, -0.1) is 0 Å². The molecule has 0 spiro atoms. The van der Waals surface area contributed by atoms with Crippen LogP contribution in [0, 0.1) is 0 Å². The molecule has 2 aromatic carbocycles. The Morgan fingerprint density at radius 2 is 1.75 bits per heavy atom. The van der Waals surface area contributed by atoms with Crippen molar-refractivity contribution < 1.29 is 12.6 Å². The topological polar surface area (TPSA) is 43.4 Å². The number of rotatable bonds is 4. The van der Waals surface area contributed by atoms with Gasteiger partial charge in [0, 0.05) is 4.47 Å². The molecule has 106 valence electrons. The van der Waals surface area contributed by atoms with Crippen molar-refractivity contribution in [1.82, 2.24) is 0 Å². The highest BCUT2D eigenvalue weighted by molar-refractivity contribution is 9.10. The summed E-state index contributed by atoms with van der Waals surface area (Å²) in [6, 6.07) is 13.7. The van der Waals surface area contributed by atoms with E-state index in [-0.39, 0.29) is 4.90 Å². The van der Waals surface area contributed by atoms with Crippen molar-refractivity contribution in [1.29, 1.82) is 0 Å². The molecule has 2 aromatic rings. The molecular weight excluding hydrogens is 340 g/mol. The van der Waals surface area contributed by atoms with Crippen molar-refractivity contribution in [3.63, 3.8) is 0 Å². The minimum absolute atomic E-state index is 0.120. The predicted octanol–water partition coefficient (Wildman–Crippen LogP) is 4.34. The molecule has 2 rings (SSSR count). The monoisotopic (exact) mass is 354 g/mol. The van der Waals surface area contributed by atoms with Crippen LogP contribution in [0.15, 0.2) is 57.9 Å². The smallest absolute Gasteiger partial charge is 0.340 e. The normalized spacial score (nSPS) is 11.6. The van der Waals surface area contributed by atoms with Crippen molar-refractivity contribution in [3.05, 3.63) is 58.6 Å². The summed E-state index contributed by atoms with van der Waals surface area (Å²) in [6.45, 7) is 4.09. The maximum atomic E-state index is 12.3. The second-order valence-corrected chi connectivity index (χ2v) is 7.06. The molecule has 20 heavy (non-hydrogen) atoms. The number of benzene rings is 2. The van der Waals surface area contributed by atoms with E-state index in [0.717, 1.165) is 5.56 Å². The fourth-order valence-electron chi connectivity index (χ4n) is 1.74. The van der Waals surface area contributed by atoms with Crippen molar-refractivity contribution in [2.75, 3.05) is 0 Å². The third-order valence-corrected chi connectivity index (χ3v) is 5.10. The maximum absolute atomic E-state index is 12.3. The summed E-state index contributed by atoms with van der Waals surface area (Å²) in [5.74, 6) is 0.636. The van der Waals surface area contributed by atoms with Gasteiger partial charge in [-0.25, -0.2) is 0 Å². The first kappa shape index (κ1) is 15.1. The average molecular weight is 355 g/mol. The van der Waals surface area contributed by atoms with E-state index in [1.807, 2.05) is 19.9 Å². The van der Waals surface area contributed by atoms with Gasteiger partial charge in [0.25, 0.3) is 0 Å². The van der Waals surface area contributed by atoms with Crippen molar-refractivity contribution in [2.24, 2.45) is 0 Å². The fourth-order valence-corrected chi connectivity index (χ4v) is 3.62. The van der Waals surface area contributed by atoms with E-state index in [1.54, 1.807) is 36.4 Å². The molecule has 0 aliphatic heterocycles. The largest absolute Gasteiger partial charge is 0.379 e. The number of hydrogen-bond acceptors (Lipinski definition) is 3. The van der Waals surface area contributed by atoms with Crippen LogP contribution in [0.4, 0.5) is 0 Å². The molecule has 0 heterocycles. The molecule has 5 heteroatoms. The molecule has 0 amide bonds. The Bertz CT molecular complexity index is 709. The summed E-state index contributed by atoms with van der Waals surface area (Å²) in [5.41, 5.74) is 1.03. The first-order valence-electron chi connectivity index (χ1n) is 6.19. The van der Waals surface area contributed by atoms with E-state index >= 15 is 0 Å². The van der Waals surface area contributed by atoms with Crippen LogP contribution in [0.25, 0.3) is 0 Å². The molecule has 0 aromatic heterocycles. The Morgan fingerprint density at radius 3 is 2.40 bits per heavy atom. The van der Waals surface area contributed by atoms with E-state index in [2.05, 4.69) is 15.9 Å². The predicted molar refractivity (Wildman–Crippen MR) is 82.5 cm³/mol. The third-order valence-electron chi connectivity index (χ3n) is 2.84. The molecule has 0 N–H and O–H groups in total. The van der Waals surface area contributed by atoms with Crippen LogP contribution in [0.3, 0.4) is 0 Å². The minimum Gasteiger partial charge on any atom is -0.379 e. The van der Waals surface area contributed by atoms with Crippen LogP contribution < -0.4 is 4.18 Å². The van der Waals surface area contributed by atoms with E-state index in [0.29, 0.717) is 16.1 Å². The van der Waals surface area contributed by atoms with Crippen LogP contribution >= 0.6 is 15.9 Å². The van der Waals surface area contributed by atoms with Crippen LogP contribution in [0.5, 0.6) is 5.75 Å². The lowest BCUT2D eigenvalue weighted by Crippen LogP contribution is -2.10. The molecule has 0 aliphatic rings. The average Bonchev–Trinajstić information content (AvgIpc) is 2.38. The lowest BCUT2D eigenvalue weighted by Gasteiger charge is -2.11. The number of halogens is 1. The van der Waals surface area contributed by atoms with Crippen molar-refractivity contribution >= 4 is 26.0 Å². The summed E-state index contributed by atoms with van der Waals surface area (Å²) in [5, 5.41) is 0. The van der Waals surface area contributed by atoms with Crippen LogP contribution in [-0.4, -0.2) is 8.42 Å². The molecule has 3 nitrogen and oxygen atoms in total. The number of hydrogen-bond donors (Lipinski definition) is 0. The fraction of sp³-hybridized carbons (Fsp3) is 0.200. The highest BCUT2D eigenvalue weighted by Crippen LogP contribution is 2.26. The van der Waals surface area contributed by atoms with Gasteiger partial charge in [0.05, 0.1) is 0 Å². The summed E-state index contributed by atoms with van der Waals surface area (Å²) in [6.07, 6.45) is 0. The first-order valence-corrected chi connectivity index (χ1v) is 8.39. The van der Waals surface area contributed by atoms with Crippen LogP contribution in [-0.2, 0) is 10.1 Å². The zero-order valence-electron chi connectivity index (χ0n) is 11.2. The van der Waals surface area contributed by atoms with Gasteiger partial charge in [0.15, 0.2) is 0 Å². The molecule has 0 fully saturated rings. The Hall–Kier alpha value is -1.33. The summed E-state index contributed by atoms with van der Waals surface area (Å²) in [7, 11) is -3.83. The third kappa shape index (κ3) is 3.41. The van der Waals surface area contributed by atoms with Gasteiger partial charge >= 0.3 is 10.1 Å². The van der Waals surface area contributed by atoms with Gasteiger partial charge in [-0.1, -0.05) is 38.1 Å². The molecule has 0 radical (unpaired) electrons. The standard InChI is InChI=1S/C15H15BrO3S/c1-11(2)12-6-5-7-13(10-12)19-20(17,18)15-9-4-3-8-14(15)16/h3-11H,1-2H3. The summed E-state index contributed by atoms with van der Waals surface area (Å²) in [4.78, 5) is 0.120. The zero-order valence-corrected chi connectivity index (χ0v) is 13.6. The van der Waals surface area contributed by atoms with Gasteiger partial charge in [0.1, 0.15) is 10.6 Å². The highest BCUT2D eigenvalue weighted by atomic mass is 79.9. The Kier molecular flexibility index (Phi) is 4.50. The van der Waals surface area contributed by atoms with Crippen LogP contribution in [0.2, 0.25) is 0 Å². The Balaban J connectivity index is 2.34. The minimum atomic E-state index is -3.83. The van der Waals surface area contributed by atoms with Gasteiger partial charge in [-0.05, 0) is 51.7 Å². The molecule has 0 atom stereocenters. The summed E-state index contributed by atoms with van der Waals surface area (Å²) >= 11 is 3.22. The lowest BCUT2D eigenvalue weighted by molar-refractivity contribution is 0.485. The van der Waals surface area contributed by atoms with Gasteiger partial charge in [0.2, 0.25) is 0 Å². The Morgan fingerprint density at radius 1 is 1.05 bits per heavy atom. The van der Waals surface area contributed by atoms with E-state index < -0.39 is 10.1 Å². The first-order chi connectivity index (χ1) is 9.40. The lowest BCUT2D eigenvalue weighted by atomic mass is 10.0. The van der Waals surface area contributed by atoms with Crippen molar-refractivity contribution in [2.45, 2.75) is 24.7 Å². The van der Waals surface area contributed by atoms with Gasteiger partial charge in [-0.2, -0.15) is 8.42 Å². The van der Waals surface area contributed by atoms with Gasteiger partial charge in [-0.3, -0.25) is 0 Å². The quantitative estimate of drug-likeness (QED) is 0.767. The SMILES string of the molecule is CC(C)c1cccc(OS(=O)(=O)c2ccccc2Br)c1. The van der Waals surface area contributed by atoms with E-state index in [1.165, 1.54) is 6.07 Å². The molecule has 0 saturated carbocycles. The second-order valence-electron chi connectivity index (χ2n) is 4.70.